The van der Waals surface area contributed by atoms with Gasteiger partial charge in [-0.3, -0.25) is 0 Å². The average molecular weight is 376 g/mol. The Balaban J connectivity index is 1.54. The molecule has 4 rings (SSSR count). The molecule has 0 spiro atoms. The van der Waals surface area contributed by atoms with E-state index in [1.54, 1.807) is 0 Å². The fourth-order valence-corrected chi connectivity index (χ4v) is 4.45. The highest BCUT2D eigenvalue weighted by atomic mass is 15.1. The van der Waals surface area contributed by atoms with Crippen molar-refractivity contribution in [1.29, 1.82) is 0 Å². The summed E-state index contributed by atoms with van der Waals surface area (Å²) in [7, 11) is 0. The van der Waals surface area contributed by atoms with Gasteiger partial charge in [-0.25, -0.2) is 4.98 Å². The molecule has 148 valence electrons. The van der Waals surface area contributed by atoms with Crippen molar-refractivity contribution >= 4 is 11.0 Å². The molecular weight excluding hydrogens is 342 g/mol. The van der Waals surface area contributed by atoms with E-state index in [-0.39, 0.29) is 0 Å². The summed E-state index contributed by atoms with van der Waals surface area (Å²) in [4.78, 5) is 7.66. The molecule has 1 fully saturated rings. The van der Waals surface area contributed by atoms with Crippen molar-refractivity contribution in [2.45, 2.75) is 58.9 Å². The van der Waals surface area contributed by atoms with Crippen LogP contribution < -0.4 is 0 Å². The number of hydrogen-bond donors (Lipinski definition) is 0. The van der Waals surface area contributed by atoms with Crippen molar-refractivity contribution in [1.82, 2.24) is 14.5 Å². The molecule has 1 aliphatic rings. The maximum atomic E-state index is 5.01. The molecule has 1 aromatic heterocycles. The minimum absolute atomic E-state index is 0.910. The van der Waals surface area contributed by atoms with Crippen LogP contribution in [0.1, 0.15) is 54.6 Å². The normalized spacial score (nSPS) is 15.8. The van der Waals surface area contributed by atoms with Gasteiger partial charge in [0.1, 0.15) is 5.82 Å². The monoisotopic (exact) mass is 375 g/mol. The molecule has 0 atom stereocenters. The first kappa shape index (κ1) is 19.2. The minimum atomic E-state index is 0.910. The van der Waals surface area contributed by atoms with Gasteiger partial charge in [0.2, 0.25) is 0 Å². The van der Waals surface area contributed by atoms with Gasteiger partial charge in [-0.2, -0.15) is 0 Å². The van der Waals surface area contributed by atoms with Crippen LogP contribution in [0, 0.1) is 13.8 Å². The minimum Gasteiger partial charge on any atom is -0.323 e. The summed E-state index contributed by atoms with van der Waals surface area (Å²) in [6, 6.07) is 15.4. The van der Waals surface area contributed by atoms with E-state index in [0.29, 0.717) is 0 Å². The zero-order valence-corrected chi connectivity index (χ0v) is 17.5. The molecule has 28 heavy (non-hydrogen) atoms. The summed E-state index contributed by atoms with van der Waals surface area (Å²) in [6.07, 6.45) is 7.78. The Bertz CT molecular complexity index is 917. The molecule has 3 heteroatoms. The van der Waals surface area contributed by atoms with Gasteiger partial charge < -0.3 is 9.47 Å². The third kappa shape index (κ3) is 4.47. The van der Waals surface area contributed by atoms with E-state index in [0.717, 1.165) is 18.5 Å². The van der Waals surface area contributed by atoms with Crippen LogP contribution in [0.5, 0.6) is 0 Å². The fourth-order valence-electron chi connectivity index (χ4n) is 4.45. The number of rotatable bonds is 6. The molecular formula is C25H33N3. The van der Waals surface area contributed by atoms with Crippen LogP contribution in [0.4, 0.5) is 0 Å². The van der Waals surface area contributed by atoms with Gasteiger partial charge in [-0.05, 0) is 76.0 Å². The largest absolute Gasteiger partial charge is 0.323 e. The van der Waals surface area contributed by atoms with Crippen LogP contribution in [0.15, 0.2) is 42.5 Å². The number of benzene rings is 2. The number of likely N-dealkylation sites (tertiary alicyclic amines) is 1. The highest BCUT2D eigenvalue weighted by molar-refractivity contribution is 5.76. The molecule has 2 heterocycles. The van der Waals surface area contributed by atoms with Crippen LogP contribution in [0.25, 0.3) is 11.0 Å². The molecule has 0 unspecified atom stereocenters. The topological polar surface area (TPSA) is 21.1 Å². The fraction of sp³-hybridized carbons (Fsp3) is 0.480. The van der Waals surface area contributed by atoms with Crippen LogP contribution in [-0.2, 0) is 13.0 Å². The number of nitrogens with zero attached hydrogens (tertiary/aromatic N) is 3. The zero-order chi connectivity index (χ0) is 19.3. The third-order valence-electron chi connectivity index (χ3n) is 6.14. The molecule has 0 amide bonds. The lowest BCUT2D eigenvalue weighted by molar-refractivity contribution is 0.280. The molecule has 0 saturated carbocycles. The highest BCUT2D eigenvalue weighted by Crippen LogP contribution is 2.21. The van der Waals surface area contributed by atoms with E-state index in [4.69, 9.17) is 4.98 Å². The number of aromatic nitrogens is 2. The predicted octanol–water partition coefficient (Wildman–Crippen LogP) is 5.51. The highest BCUT2D eigenvalue weighted by Gasteiger charge is 2.13. The van der Waals surface area contributed by atoms with Crippen LogP contribution in [0.2, 0.25) is 0 Å². The van der Waals surface area contributed by atoms with Crippen molar-refractivity contribution < 1.29 is 0 Å². The summed E-state index contributed by atoms with van der Waals surface area (Å²) < 4.78 is 2.44. The van der Waals surface area contributed by atoms with Gasteiger partial charge in [0.05, 0.1) is 11.0 Å². The number of para-hydroxylation sites is 2. The van der Waals surface area contributed by atoms with Gasteiger partial charge in [0.15, 0.2) is 0 Å². The Morgan fingerprint density at radius 2 is 1.71 bits per heavy atom. The molecule has 0 bridgehead atoms. The maximum absolute atomic E-state index is 5.01. The average Bonchev–Trinajstić information content (AvgIpc) is 2.86. The second kappa shape index (κ2) is 8.91. The van der Waals surface area contributed by atoms with Crippen LogP contribution in [0.3, 0.4) is 0 Å². The van der Waals surface area contributed by atoms with E-state index in [1.807, 2.05) is 0 Å². The Morgan fingerprint density at radius 3 is 2.54 bits per heavy atom. The Morgan fingerprint density at radius 1 is 0.929 bits per heavy atom. The van der Waals surface area contributed by atoms with E-state index >= 15 is 0 Å². The van der Waals surface area contributed by atoms with Crippen molar-refractivity contribution in [2.75, 3.05) is 19.6 Å². The van der Waals surface area contributed by atoms with Gasteiger partial charge in [-0.15, -0.1) is 0 Å². The molecule has 0 radical (unpaired) electrons. The lowest BCUT2D eigenvalue weighted by Crippen LogP contribution is -2.26. The van der Waals surface area contributed by atoms with Crippen molar-refractivity contribution in [3.8, 4) is 0 Å². The number of imidazole rings is 1. The molecule has 1 aliphatic heterocycles. The lowest BCUT2D eigenvalue weighted by atomic mass is 10.1. The van der Waals surface area contributed by atoms with Gasteiger partial charge in [0, 0.05) is 13.0 Å². The Labute approximate surface area is 169 Å². The van der Waals surface area contributed by atoms with Crippen molar-refractivity contribution in [2.24, 2.45) is 0 Å². The van der Waals surface area contributed by atoms with E-state index in [2.05, 4.69) is 65.8 Å². The van der Waals surface area contributed by atoms with Gasteiger partial charge in [0.25, 0.3) is 0 Å². The quantitative estimate of drug-likeness (QED) is 0.566. The standard InChI is InChI=1S/C25H33N3/c1-20-13-14-21(2)22(18-20)19-28-24-11-6-5-10-23(24)26-25(28)12-9-17-27-15-7-3-4-8-16-27/h5-6,10-11,13-14,18H,3-4,7-9,12,15-17,19H2,1-2H3. The van der Waals surface area contributed by atoms with Gasteiger partial charge in [-0.1, -0.05) is 48.7 Å². The van der Waals surface area contributed by atoms with E-state index in [1.165, 1.54) is 79.8 Å². The Kier molecular flexibility index (Phi) is 6.11. The molecule has 0 aliphatic carbocycles. The molecule has 0 N–H and O–H groups in total. The molecule has 2 aromatic carbocycles. The summed E-state index contributed by atoms with van der Waals surface area (Å²) >= 11 is 0. The second-order valence-electron chi connectivity index (χ2n) is 8.39. The van der Waals surface area contributed by atoms with Crippen molar-refractivity contribution in [3.63, 3.8) is 0 Å². The van der Waals surface area contributed by atoms with Crippen molar-refractivity contribution in [3.05, 3.63) is 65.0 Å². The van der Waals surface area contributed by atoms with Crippen LogP contribution >= 0.6 is 0 Å². The van der Waals surface area contributed by atoms with E-state index in [9.17, 15) is 0 Å². The summed E-state index contributed by atoms with van der Waals surface area (Å²) in [5.41, 5.74) is 6.47. The third-order valence-corrected chi connectivity index (χ3v) is 6.14. The summed E-state index contributed by atoms with van der Waals surface area (Å²) in [5, 5.41) is 0. The number of aryl methyl sites for hydroxylation is 3. The SMILES string of the molecule is Cc1ccc(C)c(Cn2c(CCCN3CCCCCC3)nc3ccccc32)c1. The second-order valence-corrected chi connectivity index (χ2v) is 8.39. The van der Waals surface area contributed by atoms with Crippen LogP contribution in [-0.4, -0.2) is 34.1 Å². The first-order valence-electron chi connectivity index (χ1n) is 10.9. The summed E-state index contributed by atoms with van der Waals surface area (Å²) in [5.74, 6) is 1.23. The number of hydrogen-bond acceptors (Lipinski definition) is 2. The Hall–Kier alpha value is -2.13. The van der Waals surface area contributed by atoms with E-state index < -0.39 is 0 Å². The first-order chi connectivity index (χ1) is 13.7. The van der Waals surface area contributed by atoms with Gasteiger partial charge >= 0.3 is 0 Å². The smallest absolute Gasteiger partial charge is 0.110 e. The first-order valence-corrected chi connectivity index (χ1v) is 10.9. The lowest BCUT2D eigenvalue weighted by Gasteiger charge is -2.19. The summed E-state index contributed by atoms with van der Waals surface area (Å²) in [6.45, 7) is 9.06. The zero-order valence-electron chi connectivity index (χ0n) is 17.5. The molecule has 3 aromatic rings. The number of fused-ring (bicyclic) bond motifs is 1. The maximum Gasteiger partial charge on any atom is 0.110 e. The predicted molar refractivity (Wildman–Crippen MR) is 118 cm³/mol. The molecule has 1 saturated heterocycles. The molecule has 3 nitrogen and oxygen atoms in total.